The van der Waals surface area contributed by atoms with Crippen LogP contribution in [-0.4, -0.2) is 28.6 Å². The van der Waals surface area contributed by atoms with Gasteiger partial charge in [0.15, 0.2) is 0 Å². The van der Waals surface area contributed by atoms with Crippen molar-refractivity contribution < 1.29 is 0 Å². The third kappa shape index (κ3) is 2.57. The van der Waals surface area contributed by atoms with E-state index in [1.54, 1.807) is 10.9 Å². The number of aryl methyl sites for hydroxylation is 2. The molecule has 0 bridgehead atoms. The van der Waals surface area contributed by atoms with E-state index in [-0.39, 0.29) is 5.56 Å². The predicted molar refractivity (Wildman–Crippen MR) is 109 cm³/mol. The average Bonchev–Trinajstić information content (AvgIpc) is 3.00. The van der Waals surface area contributed by atoms with Crippen LogP contribution in [0.5, 0.6) is 0 Å². The number of benzene rings is 1. The lowest BCUT2D eigenvalue weighted by atomic mass is 10.1. The molecule has 0 fully saturated rings. The molecule has 0 saturated heterocycles. The Labute approximate surface area is 155 Å². The van der Waals surface area contributed by atoms with E-state index in [1.807, 2.05) is 56.3 Å². The molecule has 0 atom stereocenters. The van der Waals surface area contributed by atoms with E-state index in [1.165, 1.54) is 16.9 Å². The van der Waals surface area contributed by atoms with Gasteiger partial charge in [0.05, 0.1) is 16.8 Å². The minimum Gasteiger partial charge on any atom is -0.377 e. The molecule has 3 aromatic heterocycles. The van der Waals surface area contributed by atoms with Crippen molar-refractivity contribution in [3.63, 3.8) is 0 Å². The summed E-state index contributed by atoms with van der Waals surface area (Å²) >= 11 is 1.42. The van der Waals surface area contributed by atoms with Crippen LogP contribution in [0, 0.1) is 6.92 Å². The fraction of sp³-hybridized carbons (Fsp3) is 0.250. The van der Waals surface area contributed by atoms with Crippen molar-refractivity contribution in [3.8, 4) is 5.69 Å². The van der Waals surface area contributed by atoms with Crippen LogP contribution in [0.3, 0.4) is 0 Å². The number of anilines is 1. The van der Waals surface area contributed by atoms with Gasteiger partial charge in [0, 0.05) is 19.8 Å². The molecule has 0 aliphatic carbocycles. The van der Waals surface area contributed by atoms with Gasteiger partial charge in [0.25, 0.3) is 5.56 Å². The van der Waals surface area contributed by atoms with Crippen molar-refractivity contribution in [1.29, 1.82) is 0 Å². The largest absolute Gasteiger partial charge is 0.377 e. The minimum absolute atomic E-state index is 0.0513. The Bertz CT molecular complexity index is 1170. The number of pyridine rings is 1. The molecular weight excluding hydrogens is 344 g/mol. The second kappa shape index (κ2) is 6.21. The van der Waals surface area contributed by atoms with Gasteiger partial charge in [-0.3, -0.25) is 9.36 Å². The normalized spacial score (nSPS) is 11.4. The summed E-state index contributed by atoms with van der Waals surface area (Å²) in [5.74, 6) is 0. The fourth-order valence-corrected chi connectivity index (χ4v) is 4.28. The second-order valence-corrected chi connectivity index (χ2v) is 7.58. The van der Waals surface area contributed by atoms with E-state index in [9.17, 15) is 4.79 Å². The molecule has 0 spiro atoms. The molecule has 0 radical (unpaired) electrons. The summed E-state index contributed by atoms with van der Waals surface area (Å²) < 4.78 is 2.25. The van der Waals surface area contributed by atoms with E-state index in [4.69, 9.17) is 0 Å². The Morgan fingerprint density at radius 2 is 1.92 bits per heavy atom. The maximum atomic E-state index is 13.1. The summed E-state index contributed by atoms with van der Waals surface area (Å²) in [6.07, 6.45) is 2.60. The van der Waals surface area contributed by atoms with Crippen LogP contribution in [0.15, 0.2) is 41.5 Å². The Balaban J connectivity index is 2.00. The lowest BCUT2D eigenvalue weighted by Gasteiger charge is -2.14. The fourth-order valence-electron chi connectivity index (χ4n) is 3.16. The van der Waals surface area contributed by atoms with E-state index in [0.29, 0.717) is 4.70 Å². The van der Waals surface area contributed by atoms with Gasteiger partial charge in [-0.1, -0.05) is 19.1 Å². The summed E-state index contributed by atoms with van der Waals surface area (Å²) in [7, 11) is 3.99. The molecule has 132 valence electrons. The van der Waals surface area contributed by atoms with Crippen molar-refractivity contribution >= 4 is 37.5 Å². The number of hydrogen-bond acceptors (Lipinski definition) is 5. The second-order valence-electron chi connectivity index (χ2n) is 6.58. The summed E-state index contributed by atoms with van der Waals surface area (Å²) in [6, 6.07) is 10.1. The first-order valence-corrected chi connectivity index (χ1v) is 9.39. The number of fused-ring (bicyclic) bond motifs is 3. The van der Waals surface area contributed by atoms with Crippen molar-refractivity contribution in [2.45, 2.75) is 20.3 Å². The lowest BCUT2D eigenvalue weighted by molar-refractivity contribution is 0.964. The molecule has 5 nitrogen and oxygen atoms in total. The monoisotopic (exact) mass is 364 g/mol. The van der Waals surface area contributed by atoms with Crippen molar-refractivity contribution in [2.24, 2.45) is 0 Å². The molecule has 4 aromatic rings. The Kier molecular flexibility index (Phi) is 4.00. The van der Waals surface area contributed by atoms with Crippen LogP contribution < -0.4 is 10.5 Å². The van der Waals surface area contributed by atoms with Crippen molar-refractivity contribution in [1.82, 2.24) is 14.5 Å². The highest BCUT2D eigenvalue weighted by molar-refractivity contribution is 7.25. The molecule has 3 heterocycles. The molecule has 1 aromatic carbocycles. The van der Waals surface area contributed by atoms with Crippen LogP contribution >= 0.6 is 11.3 Å². The van der Waals surface area contributed by atoms with E-state index in [0.717, 1.165) is 39.2 Å². The number of rotatable bonds is 3. The molecule has 0 aliphatic heterocycles. The van der Waals surface area contributed by atoms with Gasteiger partial charge in [-0.15, -0.1) is 11.3 Å². The Morgan fingerprint density at radius 1 is 1.19 bits per heavy atom. The Hall–Kier alpha value is -2.73. The molecule has 0 N–H and O–H groups in total. The third-order valence-electron chi connectivity index (χ3n) is 4.56. The van der Waals surface area contributed by atoms with Gasteiger partial charge >= 0.3 is 0 Å². The van der Waals surface area contributed by atoms with Gasteiger partial charge in [0.1, 0.15) is 21.4 Å². The first-order valence-electron chi connectivity index (χ1n) is 8.57. The molecule has 0 saturated carbocycles. The summed E-state index contributed by atoms with van der Waals surface area (Å²) in [5, 5.41) is 0.950. The first kappa shape index (κ1) is 16.7. The zero-order valence-electron chi connectivity index (χ0n) is 15.3. The van der Waals surface area contributed by atoms with Gasteiger partial charge in [-0.05, 0) is 37.1 Å². The molecular formula is C20H20N4OS. The van der Waals surface area contributed by atoms with E-state index >= 15 is 0 Å². The molecule has 6 heteroatoms. The number of nitrogens with zero attached hydrogens (tertiary/aromatic N) is 4. The third-order valence-corrected chi connectivity index (χ3v) is 5.62. The maximum absolute atomic E-state index is 13.1. The predicted octanol–water partition coefficient (Wildman–Crippen LogP) is 3.93. The summed E-state index contributed by atoms with van der Waals surface area (Å²) in [4.78, 5) is 25.3. The topological polar surface area (TPSA) is 51.0 Å². The zero-order valence-corrected chi connectivity index (χ0v) is 16.1. The Morgan fingerprint density at radius 3 is 2.58 bits per heavy atom. The van der Waals surface area contributed by atoms with Crippen molar-refractivity contribution in [3.05, 3.63) is 58.3 Å². The van der Waals surface area contributed by atoms with Crippen LogP contribution in [0.1, 0.15) is 18.2 Å². The maximum Gasteiger partial charge on any atom is 0.275 e. The standard InChI is InChI=1S/C20H20N4OS/c1-5-13-6-8-14(9-7-13)24-11-21-17-16-15(23(3)4)10-12(2)22-19(16)26-18(17)20(24)25/h6-11H,5H2,1-4H3. The quantitative estimate of drug-likeness (QED) is 0.553. The number of hydrogen-bond donors (Lipinski definition) is 0. The molecule has 0 amide bonds. The van der Waals surface area contributed by atoms with Crippen LogP contribution in [0.25, 0.3) is 26.1 Å². The highest BCUT2D eigenvalue weighted by Gasteiger charge is 2.17. The molecule has 0 aliphatic rings. The average molecular weight is 364 g/mol. The lowest BCUT2D eigenvalue weighted by Crippen LogP contribution is -2.17. The van der Waals surface area contributed by atoms with Gasteiger partial charge < -0.3 is 4.90 Å². The van der Waals surface area contributed by atoms with Gasteiger partial charge in [0.2, 0.25) is 0 Å². The minimum atomic E-state index is -0.0513. The summed E-state index contributed by atoms with van der Waals surface area (Å²) in [6.45, 7) is 4.08. The van der Waals surface area contributed by atoms with Crippen LogP contribution in [-0.2, 0) is 6.42 Å². The zero-order chi connectivity index (χ0) is 18.4. The highest BCUT2D eigenvalue weighted by atomic mass is 32.1. The van der Waals surface area contributed by atoms with Crippen molar-refractivity contribution in [2.75, 3.05) is 19.0 Å². The van der Waals surface area contributed by atoms with Crippen LogP contribution in [0.4, 0.5) is 5.69 Å². The highest BCUT2D eigenvalue weighted by Crippen LogP contribution is 2.36. The smallest absolute Gasteiger partial charge is 0.275 e. The summed E-state index contributed by atoms with van der Waals surface area (Å²) in [5.41, 5.74) is 4.72. The number of aromatic nitrogens is 3. The van der Waals surface area contributed by atoms with E-state index in [2.05, 4.69) is 16.9 Å². The first-order chi connectivity index (χ1) is 12.5. The SMILES string of the molecule is CCc1ccc(-n2cnc3c(sc4nc(C)cc(N(C)C)c43)c2=O)cc1. The molecule has 0 unspecified atom stereocenters. The van der Waals surface area contributed by atoms with Gasteiger partial charge in [-0.2, -0.15) is 0 Å². The number of thiophene rings is 1. The van der Waals surface area contributed by atoms with E-state index < -0.39 is 0 Å². The van der Waals surface area contributed by atoms with Gasteiger partial charge in [-0.25, -0.2) is 9.97 Å². The molecule has 26 heavy (non-hydrogen) atoms. The van der Waals surface area contributed by atoms with Crippen LogP contribution in [0.2, 0.25) is 0 Å². The molecule has 4 rings (SSSR count).